The average Bonchev–Trinajstić information content (AvgIpc) is 3.07. The van der Waals surface area contributed by atoms with Gasteiger partial charge in [-0.1, -0.05) is 56.3 Å². The molecule has 0 aromatic heterocycles. The summed E-state index contributed by atoms with van der Waals surface area (Å²) in [6, 6.07) is 9.54. The van der Waals surface area contributed by atoms with E-state index in [-0.39, 0.29) is 41.5 Å². The van der Waals surface area contributed by atoms with E-state index in [0.29, 0.717) is 19.5 Å². The van der Waals surface area contributed by atoms with Gasteiger partial charge in [-0.3, -0.25) is 14.5 Å². The second kappa shape index (κ2) is 9.25. The molecule has 166 valence electrons. The monoisotopic (exact) mass is 423 g/mol. The molecule has 1 saturated carbocycles. The smallest absolute Gasteiger partial charge is 0.319 e. The molecule has 5 atom stereocenters. The summed E-state index contributed by atoms with van der Waals surface area (Å²) < 4.78 is 0. The first-order valence-corrected chi connectivity index (χ1v) is 11.7. The lowest BCUT2D eigenvalue weighted by molar-refractivity contribution is -0.143. The van der Waals surface area contributed by atoms with E-state index in [9.17, 15) is 14.4 Å². The number of benzene rings is 1. The number of carbonyl (C=O) groups is 3. The number of fused-ring (bicyclic) bond motifs is 1. The molecule has 2 bridgehead atoms. The maximum absolute atomic E-state index is 13.5. The highest BCUT2D eigenvalue weighted by Crippen LogP contribution is 2.50. The number of nitrogens with one attached hydrogen (secondary N) is 1. The fourth-order valence-corrected chi connectivity index (χ4v) is 5.54. The van der Waals surface area contributed by atoms with Crippen molar-refractivity contribution in [1.29, 1.82) is 0 Å². The van der Waals surface area contributed by atoms with E-state index in [0.717, 1.165) is 31.2 Å². The first-order chi connectivity index (χ1) is 15.0. The zero-order valence-corrected chi connectivity index (χ0v) is 18.5. The number of hydrogen-bond acceptors (Lipinski definition) is 3. The van der Waals surface area contributed by atoms with Crippen LogP contribution in [0.15, 0.2) is 42.5 Å². The zero-order valence-electron chi connectivity index (χ0n) is 18.5. The van der Waals surface area contributed by atoms with Gasteiger partial charge in [0.1, 0.15) is 6.17 Å². The maximum Gasteiger partial charge on any atom is 0.319 e. The summed E-state index contributed by atoms with van der Waals surface area (Å²) in [5.74, 6) is -0.495. The van der Waals surface area contributed by atoms with Crippen molar-refractivity contribution >= 4 is 17.8 Å². The molecule has 5 rings (SSSR count). The molecule has 1 aromatic rings. The molecule has 4 amide bonds. The van der Waals surface area contributed by atoms with Crippen molar-refractivity contribution in [3.8, 4) is 0 Å². The lowest BCUT2D eigenvalue weighted by Crippen LogP contribution is -2.55. The van der Waals surface area contributed by atoms with E-state index in [1.807, 2.05) is 44.2 Å². The van der Waals surface area contributed by atoms with Gasteiger partial charge in [-0.25, -0.2) is 4.79 Å². The molecule has 0 unspecified atom stereocenters. The fourth-order valence-electron chi connectivity index (χ4n) is 5.54. The largest absolute Gasteiger partial charge is 0.325 e. The Labute approximate surface area is 184 Å². The lowest BCUT2D eigenvalue weighted by atomic mass is 9.63. The Morgan fingerprint density at radius 1 is 1.00 bits per heavy atom. The summed E-state index contributed by atoms with van der Waals surface area (Å²) in [6.45, 7) is 5.38. The summed E-state index contributed by atoms with van der Waals surface area (Å²) in [6.07, 6.45) is 7.64. The van der Waals surface area contributed by atoms with Gasteiger partial charge in [-0.2, -0.15) is 0 Å². The first kappa shape index (κ1) is 21.6. The minimum atomic E-state index is -0.670. The number of amides is 4. The molecule has 2 fully saturated rings. The van der Waals surface area contributed by atoms with Crippen LogP contribution in [-0.4, -0.2) is 46.9 Å². The highest BCUT2D eigenvalue weighted by molar-refractivity contribution is 6.06. The Balaban J connectivity index is 1.60. The van der Waals surface area contributed by atoms with Crippen molar-refractivity contribution in [3.63, 3.8) is 0 Å². The van der Waals surface area contributed by atoms with Gasteiger partial charge in [-0.15, -0.1) is 0 Å². The van der Waals surface area contributed by atoms with Crippen LogP contribution >= 0.6 is 0 Å². The number of hydrogen-bond donors (Lipinski definition) is 1. The summed E-state index contributed by atoms with van der Waals surface area (Å²) in [7, 11) is 0. The highest BCUT2D eigenvalue weighted by Gasteiger charge is 2.58. The van der Waals surface area contributed by atoms with Gasteiger partial charge in [0, 0.05) is 19.5 Å². The maximum atomic E-state index is 13.5. The predicted molar refractivity (Wildman–Crippen MR) is 119 cm³/mol. The molecule has 6 heteroatoms. The van der Waals surface area contributed by atoms with Crippen LogP contribution in [0.25, 0.3) is 0 Å². The highest BCUT2D eigenvalue weighted by atomic mass is 16.2. The molecule has 1 heterocycles. The molecule has 31 heavy (non-hydrogen) atoms. The Kier molecular flexibility index (Phi) is 6.44. The van der Waals surface area contributed by atoms with Crippen LogP contribution in [0, 0.1) is 23.7 Å². The van der Waals surface area contributed by atoms with Crippen LogP contribution in [-0.2, 0) is 16.0 Å². The summed E-state index contributed by atoms with van der Waals surface area (Å²) >= 11 is 0. The van der Waals surface area contributed by atoms with Crippen LogP contribution in [0.1, 0.15) is 45.1 Å². The third-order valence-electron chi connectivity index (χ3n) is 6.94. The van der Waals surface area contributed by atoms with E-state index in [4.69, 9.17) is 0 Å². The molecule has 0 spiro atoms. The summed E-state index contributed by atoms with van der Waals surface area (Å²) in [5, 5.41) is 3.05. The Bertz CT molecular complexity index is 815. The Morgan fingerprint density at radius 2 is 1.55 bits per heavy atom. The lowest BCUT2D eigenvalue weighted by Gasteiger charge is -2.38. The number of carbonyl (C=O) groups excluding carboxylic acids is 3. The molecule has 0 radical (unpaired) electrons. The molecule has 6 nitrogen and oxygen atoms in total. The predicted octanol–water partition coefficient (Wildman–Crippen LogP) is 3.58. The normalized spacial score (nSPS) is 27.4. The van der Waals surface area contributed by atoms with E-state index < -0.39 is 6.17 Å². The molecule has 1 aliphatic heterocycles. The van der Waals surface area contributed by atoms with Gasteiger partial charge in [0.2, 0.25) is 11.8 Å². The minimum Gasteiger partial charge on any atom is -0.325 e. The van der Waals surface area contributed by atoms with Crippen molar-refractivity contribution in [1.82, 2.24) is 15.1 Å². The van der Waals surface area contributed by atoms with Crippen LogP contribution < -0.4 is 5.32 Å². The molecular weight excluding hydrogens is 390 g/mol. The van der Waals surface area contributed by atoms with E-state index >= 15 is 0 Å². The van der Waals surface area contributed by atoms with Crippen LogP contribution in [0.4, 0.5) is 4.79 Å². The van der Waals surface area contributed by atoms with Gasteiger partial charge in [0.05, 0.1) is 11.8 Å². The zero-order chi connectivity index (χ0) is 22.0. The standard InChI is InChI=1S/C25H33N3O3/c1-3-14-27(15-4-2)25(31)26-20(16-17-8-6-5-7-9-17)28-23(29)21-18-10-11-19(13-12-18)22(21)24(28)30/h5-11,18-22H,3-4,12-16H2,1-2H3,(H,26,31)/t18-,19-,20+,21-,22+/m0/s1. The van der Waals surface area contributed by atoms with Crippen LogP contribution in [0.5, 0.6) is 0 Å². The number of allylic oxidation sites excluding steroid dienone is 2. The average molecular weight is 424 g/mol. The number of nitrogens with zero attached hydrogens (tertiary/aromatic N) is 2. The third kappa shape index (κ3) is 4.12. The number of urea groups is 1. The van der Waals surface area contributed by atoms with Crippen LogP contribution in [0.2, 0.25) is 0 Å². The van der Waals surface area contributed by atoms with E-state index in [2.05, 4.69) is 17.5 Å². The number of rotatable bonds is 8. The van der Waals surface area contributed by atoms with Gasteiger partial charge in [-0.05, 0) is 43.1 Å². The fraction of sp³-hybridized carbons (Fsp3) is 0.560. The van der Waals surface area contributed by atoms with Gasteiger partial charge < -0.3 is 10.2 Å². The second-order valence-electron chi connectivity index (χ2n) is 9.03. The second-order valence-corrected chi connectivity index (χ2v) is 9.03. The van der Waals surface area contributed by atoms with Gasteiger partial charge >= 0.3 is 6.03 Å². The Morgan fingerprint density at radius 3 is 2.03 bits per heavy atom. The molecule has 1 aromatic carbocycles. The van der Waals surface area contributed by atoms with Gasteiger partial charge in [0.25, 0.3) is 0 Å². The van der Waals surface area contributed by atoms with Crippen molar-refractivity contribution < 1.29 is 14.4 Å². The van der Waals surface area contributed by atoms with Gasteiger partial charge in [0.15, 0.2) is 0 Å². The summed E-state index contributed by atoms with van der Waals surface area (Å²) in [4.78, 5) is 43.2. The Hall–Kier alpha value is -2.63. The van der Waals surface area contributed by atoms with E-state index in [1.54, 1.807) is 4.90 Å². The number of imide groups is 1. The molecule has 1 N–H and O–H groups in total. The SMILES string of the molecule is CCCN(CCC)C(=O)N[C@@H](Cc1ccccc1)N1C(=O)[C@@H]2[C@H](C1=O)[C@H]1C=C[C@H]2CC1. The molecule has 1 saturated heterocycles. The summed E-state index contributed by atoms with van der Waals surface area (Å²) in [5.41, 5.74) is 0.988. The van der Waals surface area contributed by atoms with Crippen LogP contribution in [0.3, 0.4) is 0 Å². The molecule has 3 aliphatic carbocycles. The van der Waals surface area contributed by atoms with Crippen molar-refractivity contribution in [2.24, 2.45) is 23.7 Å². The topological polar surface area (TPSA) is 69.7 Å². The van der Waals surface area contributed by atoms with E-state index in [1.165, 1.54) is 4.90 Å². The van der Waals surface area contributed by atoms with Crippen molar-refractivity contribution in [2.75, 3.05) is 13.1 Å². The minimum absolute atomic E-state index is 0.118. The number of likely N-dealkylation sites (tertiary alicyclic amines) is 1. The third-order valence-corrected chi connectivity index (χ3v) is 6.94. The quantitative estimate of drug-likeness (QED) is 0.513. The molecular formula is C25H33N3O3. The van der Waals surface area contributed by atoms with Crippen molar-refractivity contribution in [2.45, 2.75) is 52.1 Å². The van der Waals surface area contributed by atoms with Crippen molar-refractivity contribution in [3.05, 3.63) is 48.0 Å². The first-order valence-electron chi connectivity index (χ1n) is 11.7. The molecule has 4 aliphatic rings.